The minimum absolute atomic E-state index is 0.271. The van der Waals surface area contributed by atoms with Crippen molar-refractivity contribution in [3.05, 3.63) is 78.1 Å². The number of pyridine rings is 1. The topological polar surface area (TPSA) is 92.3 Å². The van der Waals surface area contributed by atoms with Crippen LogP contribution in [-0.4, -0.2) is 24.0 Å². The van der Waals surface area contributed by atoms with Crippen molar-refractivity contribution in [2.24, 2.45) is 0 Å². The maximum absolute atomic E-state index is 12.3. The fourth-order valence-corrected chi connectivity index (χ4v) is 2.89. The lowest BCUT2D eigenvalue weighted by molar-refractivity contribution is 0.0958. The van der Waals surface area contributed by atoms with E-state index in [0.717, 1.165) is 12.1 Å². The Hall–Kier alpha value is -3.87. The van der Waals surface area contributed by atoms with Gasteiger partial charge in [-0.05, 0) is 60.4 Å². The SMILES string of the molecule is CCC(C)c1ccc(NC(=O)Nc2ccc(Oc3ccnc(C(=O)NC)c3)cc2)cc1. The Balaban J connectivity index is 1.56. The molecule has 0 saturated carbocycles. The van der Waals surface area contributed by atoms with Gasteiger partial charge < -0.3 is 20.7 Å². The molecule has 3 amide bonds. The summed E-state index contributed by atoms with van der Waals surface area (Å²) in [5.74, 6) is 1.27. The number of amides is 3. The normalized spacial score (nSPS) is 11.3. The lowest BCUT2D eigenvalue weighted by Gasteiger charge is -2.11. The number of nitrogens with one attached hydrogen (secondary N) is 3. The standard InChI is InChI=1S/C24H26N4O3/c1-4-16(2)17-5-7-18(8-6-17)27-24(30)28-19-9-11-20(12-10-19)31-21-13-14-26-22(15-21)23(29)25-3/h5-16H,4H2,1-3H3,(H,25,29)(H2,27,28,30). The number of aromatic nitrogens is 1. The molecule has 0 aliphatic carbocycles. The summed E-state index contributed by atoms with van der Waals surface area (Å²) in [7, 11) is 1.54. The quantitative estimate of drug-likeness (QED) is 0.480. The molecule has 0 aliphatic rings. The summed E-state index contributed by atoms with van der Waals surface area (Å²) in [4.78, 5) is 27.9. The Morgan fingerprint density at radius 1 is 0.935 bits per heavy atom. The number of nitrogens with zero attached hydrogens (tertiary/aromatic N) is 1. The second-order valence-corrected chi connectivity index (χ2v) is 7.09. The minimum atomic E-state index is -0.325. The Kier molecular flexibility index (Phi) is 7.22. The third-order valence-corrected chi connectivity index (χ3v) is 4.89. The molecule has 3 aromatic rings. The molecule has 7 nitrogen and oxygen atoms in total. The van der Waals surface area contributed by atoms with Crippen LogP contribution in [0.25, 0.3) is 0 Å². The van der Waals surface area contributed by atoms with Crippen molar-refractivity contribution in [1.82, 2.24) is 10.3 Å². The van der Waals surface area contributed by atoms with E-state index in [1.807, 2.05) is 24.3 Å². The maximum atomic E-state index is 12.3. The maximum Gasteiger partial charge on any atom is 0.323 e. The molecule has 1 heterocycles. The van der Waals surface area contributed by atoms with Crippen molar-refractivity contribution in [2.75, 3.05) is 17.7 Å². The number of urea groups is 1. The third-order valence-electron chi connectivity index (χ3n) is 4.89. The van der Waals surface area contributed by atoms with E-state index in [1.165, 1.54) is 11.8 Å². The number of benzene rings is 2. The van der Waals surface area contributed by atoms with E-state index in [1.54, 1.807) is 43.4 Å². The van der Waals surface area contributed by atoms with Crippen LogP contribution < -0.4 is 20.7 Å². The number of hydrogen-bond donors (Lipinski definition) is 3. The molecule has 1 unspecified atom stereocenters. The highest BCUT2D eigenvalue weighted by atomic mass is 16.5. The van der Waals surface area contributed by atoms with Crippen LogP contribution in [0.2, 0.25) is 0 Å². The minimum Gasteiger partial charge on any atom is -0.457 e. The van der Waals surface area contributed by atoms with Crippen molar-refractivity contribution >= 4 is 23.3 Å². The second kappa shape index (κ2) is 10.2. The molecule has 0 radical (unpaired) electrons. The molecule has 3 rings (SSSR count). The number of anilines is 2. The van der Waals surface area contributed by atoms with Gasteiger partial charge in [0.15, 0.2) is 0 Å². The molecule has 2 aromatic carbocycles. The average molecular weight is 418 g/mol. The van der Waals surface area contributed by atoms with E-state index in [4.69, 9.17) is 4.74 Å². The van der Waals surface area contributed by atoms with Gasteiger partial charge in [0.05, 0.1) is 0 Å². The largest absolute Gasteiger partial charge is 0.457 e. The first kappa shape index (κ1) is 21.8. The second-order valence-electron chi connectivity index (χ2n) is 7.09. The van der Waals surface area contributed by atoms with Gasteiger partial charge in [-0.25, -0.2) is 4.79 Å². The summed E-state index contributed by atoms with van der Waals surface area (Å²) in [6.45, 7) is 4.33. The summed E-state index contributed by atoms with van der Waals surface area (Å²) >= 11 is 0. The summed E-state index contributed by atoms with van der Waals surface area (Å²) < 4.78 is 5.76. The van der Waals surface area contributed by atoms with Gasteiger partial charge in [-0.2, -0.15) is 0 Å². The van der Waals surface area contributed by atoms with Gasteiger partial charge in [0, 0.05) is 30.7 Å². The number of ether oxygens (including phenoxy) is 1. The third kappa shape index (κ3) is 6.05. The molecule has 0 bridgehead atoms. The van der Waals surface area contributed by atoms with E-state index in [2.05, 4.69) is 34.8 Å². The van der Waals surface area contributed by atoms with E-state index >= 15 is 0 Å². The lowest BCUT2D eigenvalue weighted by Crippen LogP contribution is -2.19. The van der Waals surface area contributed by atoms with Gasteiger partial charge >= 0.3 is 6.03 Å². The van der Waals surface area contributed by atoms with Crippen molar-refractivity contribution in [3.8, 4) is 11.5 Å². The van der Waals surface area contributed by atoms with E-state index in [9.17, 15) is 9.59 Å². The van der Waals surface area contributed by atoms with Crippen LogP contribution in [-0.2, 0) is 0 Å². The van der Waals surface area contributed by atoms with E-state index in [-0.39, 0.29) is 17.6 Å². The van der Waals surface area contributed by atoms with E-state index < -0.39 is 0 Å². The fraction of sp³-hybridized carbons (Fsp3) is 0.208. The van der Waals surface area contributed by atoms with Crippen LogP contribution in [0.15, 0.2) is 66.9 Å². The summed E-state index contributed by atoms with van der Waals surface area (Å²) in [5.41, 5.74) is 2.88. The molecule has 1 aromatic heterocycles. The Labute approximate surface area is 181 Å². The summed E-state index contributed by atoms with van der Waals surface area (Å²) in [6.07, 6.45) is 2.58. The predicted octanol–water partition coefficient (Wildman–Crippen LogP) is 5.39. The van der Waals surface area contributed by atoms with Crippen molar-refractivity contribution in [2.45, 2.75) is 26.2 Å². The van der Waals surface area contributed by atoms with E-state index in [0.29, 0.717) is 23.1 Å². The molecular formula is C24H26N4O3. The number of rotatable bonds is 7. The van der Waals surface area contributed by atoms with Crippen LogP contribution in [0.5, 0.6) is 11.5 Å². The van der Waals surface area contributed by atoms with Crippen LogP contribution in [0.1, 0.15) is 42.2 Å². The smallest absolute Gasteiger partial charge is 0.323 e. The lowest BCUT2D eigenvalue weighted by atomic mass is 9.99. The average Bonchev–Trinajstić information content (AvgIpc) is 2.80. The van der Waals surface area contributed by atoms with Gasteiger partial charge in [-0.1, -0.05) is 26.0 Å². The first-order valence-corrected chi connectivity index (χ1v) is 10.1. The van der Waals surface area contributed by atoms with Crippen molar-refractivity contribution < 1.29 is 14.3 Å². The van der Waals surface area contributed by atoms with Gasteiger partial charge in [0.1, 0.15) is 17.2 Å². The number of hydrogen-bond acceptors (Lipinski definition) is 4. The molecule has 31 heavy (non-hydrogen) atoms. The zero-order valence-electron chi connectivity index (χ0n) is 17.8. The molecule has 0 spiro atoms. The number of carbonyl (C=O) groups is 2. The summed E-state index contributed by atoms with van der Waals surface area (Å²) in [6, 6.07) is 17.7. The molecule has 3 N–H and O–H groups in total. The zero-order chi connectivity index (χ0) is 22.2. The van der Waals surface area contributed by atoms with Crippen LogP contribution in [0.3, 0.4) is 0 Å². The highest BCUT2D eigenvalue weighted by molar-refractivity contribution is 5.99. The van der Waals surface area contributed by atoms with Gasteiger partial charge in [0.25, 0.3) is 5.91 Å². The molecule has 7 heteroatoms. The Morgan fingerprint density at radius 2 is 1.55 bits per heavy atom. The Morgan fingerprint density at radius 3 is 2.13 bits per heavy atom. The van der Waals surface area contributed by atoms with Crippen LogP contribution in [0.4, 0.5) is 16.2 Å². The zero-order valence-corrected chi connectivity index (χ0v) is 17.8. The molecule has 1 atom stereocenters. The van der Waals surface area contributed by atoms with Crippen molar-refractivity contribution in [3.63, 3.8) is 0 Å². The molecule has 0 fully saturated rings. The first-order valence-electron chi connectivity index (χ1n) is 10.1. The molecule has 160 valence electrons. The Bertz CT molecular complexity index is 1030. The van der Waals surface area contributed by atoms with Gasteiger partial charge in [0.2, 0.25) is 0 Å². The predicted molar refractivity (Wildman–Crippen MR) is 122 cm³/mol. The van der Waals surface area contributed by atoms with Gasteiger partial charge in [-0.15, -0.1) is 0 Å². The van der Waals surface area contributed by atoms with Crippen molar-refractivity contribution in [1.29, 1.82) is 0 Å². The monoisotopic (exact) mass is 418 g/mol. The number of carbonyl (C=O) groups excluding carboxylic acids is 2. The van der Waals surface area contributed by atoms with Crippen LogP contribution >= 0.6 is 0 Å². The summed E-state index contributed by atoms with van der Waals surface area (Å²) in [5, 5.41) is 8.14. The molecule has 0 saturated heterocycles. The highest BCUT2D eigenvalue weighted by Crippen LogP contribution is 2.24. The molecular weight excluding hydrogens is 392 g/mol. The van der Waals surface area contributed by atoms with Gasteiger partial charge in [-0.3, -0.25) is 9.78 Å². The molecule has 0 aliphatic heterocycles. The highest BCUT2D eigenvalue weighted by Gasteiger charge is 2.08. The first-order chi connectivity index (χ1) is 15.0. The fourth-order valence-electron chi connectivity index (χ4n) is 2.89. The van der Waals surface area contributed by atoms with Crippen LogP contribution in [0, 0.1) is 0 Å².